The maximum absolute atomic E-state index is 13.0. The molecule has 2 N–H and O–H groups in total. The van der Waals surface area contributed by atoms with Gasteiger partial charge in [-0.25, -0.2) is 0 Å². The molecular formula is C22H21N5O. The van der Waals surface area contributed by atoms with Crippen molar-refractivity contribution in [1.29, 1.82) is 0 Å². The second-order valence-corrected chi connectivity index (χ2v) is 7.48. The van der Waals surface area contributed by atoms with Gasteiger partial charge < -0.3 is 10.2 Å². The first-order valence-electron chi connectivity index (χ1n) is 9.57. The van der Waals surface area contributed by atoms with Gasteiger partial charge in [0.1, 0.15) is 5.52 Å². The number of aromatic nitrogens is 3. The quantitative estimate of drug-likeness (QED) is 0.562. The van der Waals surface area contributed by atoms with Gasteiger partial charge in [-0.3, -0.25) is 14.9 Å². The molecule has 5 rings (SSSR count). The Kier molecular flexibility index (Phi) is 3.97. The second-order valence-electron chi connectivity index (χ2n) is 7.48. The average molecular weight is 371 g/mol. The Morgan fingerprint density at radius 2 is 2.14 bits per heavy atom. The number of nitrogens with zero attached hydrogens (tertiary/aromatic N) is 3. The molecule has 1 amide bonds. The first-order chi connectivity index (χ1) is 13.7. The number of carbonyl (C=O) groups excluding carboxylic acids is 1. The van der Waals surface area contributed by atoms with Crippen molar-refractivity contribution in [3.05, 3.63) is 60.3 Å². The van der Waals surface area contributed by atoms with E-state index >= 15 is 0 Å². The Balaban J connectivity index is 1.48. The predicted octanol–water partition coefficient (Wildman–Crippen LogP) is 4.34. The molecule has 0 unspecified atom stereocenters. The van der Waals surface area contributed by atoms with E-state index in [1.165, 1.54) is 0 Å². The number of anilines is 2. The summed E-state index contributed by atoms with van der Waals surface area (Å²) in [6.45, 7) is 3.88. The summed E-state index contributed by atoms with van der Waals surface area (Å²) >= 11 is 0. The molecule has 1 saturated heterocycles. The third kappa shape index (κ3) is 2.87. The van der Waals surface area contributed by atoms with Crippen LogP contribution in [0.4, 0.5) is 11.5 Å². The molecule has 6 nitrogen and oxygen atoms in total. The highest BCUT2D eigenvalue weighted by molar-refractivity contribution is 6.07. The number of amides is 1. The highest BCUT2D eigenvalue weighted by atomic mass is 16.2. The number of H-pyrrole nitrogens is 1. The number of hydrogen-bond acceptors (Lipinski definition) is 4. The smallest absolute Gasteiger partial charge is 0.254 e. The van der Waals surface area contributed by atoms with Gasteiger partial charge in [0.2, 0.25) is 0 Å². The van der Waals surface area contributed by atoms with Gasteiger partial charge in [0.05, 0.1) is 5.52 Å². The number of rotatable bonds is 3. The minimum absolute atomic E-state index is 0.123. The number of pyridine rings is 1. The summed E-state index contributed by atoms with van der Waals surface area (Å²) in [5.41, 5.74) is 3.36. The van der Waals surface area contributed by atoms with E-state index in [0.717, 1.165) is 52.6 Å². The lowest BCUT2D eigenvalue weighted by atomic mass is 10.0. The molecule has 2 aromatic carbocycles. The zero-order valence-corrected chi connectivity index (χ0v) is 15.6. The van der Waals surface area contributed by atoms with Crippen LogP contribution in [0.25, 0.3) is 21.8 Å². The molecule has 1 aliphatic heterocycles. The van der Waals surface area contributed by atoms with Gasteiger partial charge in [0.15, 0.2) is 5.82 Å². The average Bonchev–Trinajstić information content (AvgIpc) is 3.33. The minimum Gasteiger partial charge on any atom is -0.338 e. The largest absolute Gasteiger partial charge is 0.338 e. The maximum Gasteiger partial charge on any atom is 0.254 e. The van der Waals surface area contributed by atoms with E-state index in [4.69, 9.17) is 0 Å². The first-order valence-corrected chi connectivity index (χ1v) is 9.57. The van der Waals surface area contributed by atoms with Crippen LogP contribution < -0.4 is 5.32 Å². The highest BCUT2D eigenvalue weighted by Gasteiger charge is 2.25. The summed E-state index contributed by atoms with van der Waals surface area (Å²) < 4.78 is 0. The normalized spacial score (nSPS) is 16.8. The molecule has 1 fully saturated rings. The van der Waals surface area contributed by atoms with E-state index < -0.39 is 0 Å². The first kappa shape index (κ1) is 16.7. The Morgan fingerprint density at radius 1 is 1.21 bits per heavy atom. The summed E-state index contributed by atoms with van der Waals surface area (Å²) in [6.07, 6.45) is 2.83. The van der Waals surface area contributed by atoms with E-state index in [0.29, 0.717) is 11.7 Å². The zero-order valence-electron chi connectivity index (χ0n) is 15.6. The van der Waals surface area contributed by atoms with E-state index in [2.05, 4.69) is 27.4 Å². The van der Waals surface area contributed by atoms with Crippen molar-refractivity contribution in [3.63, 3.8) is 0 Å². The Hall–Kier alpha value is -3.41. The fourth-order valence-electron chi connectivity index (χ4n) is 3.91. The molecule has 0 saturated carbocycles. The molecule has 140 valence electrons. The number of nitrogens with one attached hydrogen (secondary N) is 2. The van der Waals surface area contributed by atoms with Crippen molar-refractivity contribution >= 4 is 39.2 Å². The number of fused-ring (bicyclic) bond motifs is 2. The lowest BCUT2D eigenvalue weighted by Crippen LogP contribution is -2.28. The molecule has 6 heteroatoms. The molecule has 4 aromatic rings. The van der Waals surface area contributed by atoms with Gasteiger partial charge in [-0.15, -0.1) is 0 Å². The van der Waals surface area contributed by atoms with E-state index in [1.54, 1.807) is 6.20 Å². The van der Waals surface area contributed by atoms with E-state index in [1.807, 2.05) is 53.4 Å². The van der Waals surface area contributed by atoms with Crippen LogP contribution in [-0.2, 0) is 0 Å². The van der Waals surface area contributed by atoms with Crippen molar-refractivity contribution in [1.82, 2.24) is 20.1 Å². The number of hydrogen-bond donors (Lipinski definition) is 2. The van der Waals surface area contributed by atoms with E-state index in [9.17, 15) is 4.79 Å². The third-order valence-electron chi connectivity index (χ3n) is 5.40. The van der Waals surface area contributed by atoms with Crippen LogP contribution in [0.3, 0.4) is 0 Å². The summed E-state index contributed by atoms with van der Waals surface area (Å²) in [5.74, 6) is 1.39. The number of likely N-dealkylation sites (tertiary alicyclic amines) is 1. The maximum atomic E-state index is 13.0. The topological polar surface area (TPSA) is 73.9 Å². The standard InChI is InChI=1S/C22H21N5O/c1-14-9-11-27(13-14)22(28)18-5-2-4-15-12-16(7-8-17(15)18)24-21-20-19(25-26-21)6-3-10-23-20/h2-8,10,12,14H,9,11,13H2,1H3,(H2,24,25,26)/t14-/m0/s1. The summed E-state index contributed by atoms with van der Waals surface area (Å²) in [6, 6.07) is 15.8. The monoisotopic (exact) mass is 371 g/mol. The fourth-order valence-corrected chi connectivity index (χ4v) is 3.91. The molecule has 3 heterocycles. The lowest BCUT2D eigenvalue weighted by molar-refractivity contribution is 0.0790. The molecular weight excluding hydrogens is 350 g/mol. The van der Waals surface area contributed by atoms with Crippen molar-refractivity contribution in [2.24, 2.45) is 5.92 Å². The van der Waals surface area contributed by atoms with Crippen LogP contribution in [0.15, 0.2) is 54.7 Å². The van der Waals surface area contributed by atoms with Crippen molar-refractivity contribution in [3.8, 4) is 0 Å². The van der Waals surface area contributed by atoms with Gasteiger partial charge in [-0.2, -0.15) is 5.10 Å². The van der Waals surface area contributed by atoms with Crippen LogP contribution in [0.1, 0.15) is 23.7 Å². The Labute approximate surface area is 162 Å². The van der Waals surface area contributed by atoms with Gasteiger partial charge >= 0.3 is 0 Å². The van der Waals surface area contributed by atoms with Crippen molar-refractivity contribution in [2.75, 3.05) is 18.4 Å². The Bertz CT molecular complexity index is 1180. The van der Waals surface area contributed by atoms with Gasteiger partial charge in [-0.05, 0) is 53.4 Å². The zero-order chi connectivity index (χ0) is 19.1. The molecule has 1 atom stereocenters. The second kappa shape index (κ2) is 6.64. The summed E-state index contributed by atoms with van der Waals surface area (Å²) in [7, 11) is 0. The molecule has 2 aromatic heterocycles. The highest BCUT2D eigenvalue weighted by Crippen LogP contribution is 2.28. The SMILES string of the molecule is C[C@H]1CCN(C(=O)c2cccc3cc(Nc4n[nH]c5cccnc45)ccc23)C1. The molecule has 0 spiro atoms. The van der Waals surface area contributed by atoms with Crippen molar-refractivity contribution < 1.29 is 4.79 Å². The van der Waals surface area contributed by atoms with Crippen LogP contribution in [-0.4, -0.2) is 39.1 Å². The van der Waals surface area contributed by atoms with Crippen LogP contribution in [0, 0.1) is 5.92 Å². The van der Waals surface area contributed by atoms with E-state index in [-0.39, 0.29) is 5.91 Å². The number of benzene rings is 2. The molecule has 28 heavy (non-hydrogen) atoms. The molecule has 0 bridgehead atoms. The Morgan fingerprint density at radius 3 is 3.00 bits per heavy atom. The molecule has 1 aliphatic rings. The number of aromatic amines is 1. The van der Waals surface area contributed by atoms with Crippen LogP contribution in [0.2, 0.25) is 0 Å². The van der Waals surface area contributed by atoms with Gasteiger partial charge in [-0.1, -0.05) is 25.1 Å². The van der Waals surface area contributed by atoms with Crippen molar-refractivity contribution in [2.45, 2.75) is 13.3 Å². The minimum atomic E-state index is 0.123. The number of carbonyl (C=O) groups is 1. The van der Waals surface area contributed by atoms with Crippen LogP contribution >= 0.6 is 0 Å². The van der Waals surface area contributed by atoms with Gasteiger partial charge in [0, 0.05) is 30.5 Å². The van der Waals surface area contributed by atoms with Gasteiger partial charge in [0.25, 0.3) is 5.91 Å². The fraction of sp³-hybridized carbons (Fsp3) is 0.227. The summed E-state index contributed by atoms with van der Waals surface area (Å²) in [4.78, 5) is 19.3. The molecule has 0 aliphatic carbocycles. The lowest BCUT2D eigenvalue weighted by Gasteiger charge is -2.17. The third-order valence-corrected chi connectivity index (χ3v) is 5.40. The van der Waals surface area contributed by atoms with Crippen LogP contribution in [0.5, 0.6) is 0 Å². The summed E-state index contributed by atoms with van der Waals surface area (Å²) in [5, 5.41) is 12.6. The predicted molar refractivity (Wildman–Crippen MR) is 111 cm³/mol. The molecule has 0 radical (unpaired) electrons.